The lowest BCUT2D eigenvalue weighted by Crippen LogP contribution is -2.41. The van der Waals surface area contributed by atoms with E-state index in [1.165, 1.54) is 0 Å². The van der Waals surface area contributed by atoms with Crippen LogP contribution in [-0.2, 0) is 14.3 Å². The fourth-order valence-corrected chi connectivity index (χ4v) is 0.696. The number of carboxylic acid groups (broad SMARTS) is 1. The number of rotatable bonds is 7. The minimum Gasteiger partial charge on any atom is -0.480 e. The molecule has 1 atom stereocenters. The zero-order valence-electron chi connectivity index (χ0n) is 8.95. The molecule has 0 aliphatic heterocycles. The Hall–Kier alpha value is -1.14. The number of carbonyl (C=O) groups is 2. The summed E-state index contributed by atoms with van der Waals surface area (Å²) in [6.07, 6.45) is 0.517. The summed E-state index contributed by atoms with van der Waals surface area (Å²) in [4.78, 5) is 21.1. The van der Waals surface area contributed by atoms with Crippen LogP contribution in [0.5, 0.6) is 0 Å². The molecule has 1 amide bonds. The molecule has 6 nitrogen and oxygen atoms in total. The van der Waals surface area contributed by atoms with E-state index in [-0.39, 0.29) is 13.2 Å². The second-order valence-electron chi connectivity index (χ2n) is 3.51. The number of nitrogens with one attached hydrogen (secondary N) is 1. The van der Waals surface area contributed by atoms with Crippen LogP contribution in [0.3, 0.4) is 0 Å². The second-order valence-corrected chi connectivity index (χ2v) is 3.51. The number of ether oxygens (including phenoxy) is 1. The first-order valence-electron chi connectivity index (χ1n) is 4.66. The molecule has 0 spiro atoms. The van der Waals surface area contributed by atoms with E-state index in [1.54, 1.807) is 13.8 Å². The van der Waals surface area contributed by atoms with Gasteiger partial charge in [-0.2, -0.15) is 0 Å². The molecule has 0 bridgehead atoms. The van der Waals surface area contributed by atoms with Crippen LogP contribution >= 0.6 is 0 Å². The van der Waals surface area contributed by atoms with Crippen LogP contribution in [-0.4, -0.2) is 47.4 Å². The van der Waals surface area contributed by atoms with Crippen molar-refractivity contribution in [3.05, 3.63) is 0 Å². The molecular weight excluding hydrogens is 202 g/mol. The monoisotopic (exact) mass is 219 g/mol. The van der Waals surface area contributed by atoms with E-state index < -0.39 is 24.1 Å². The van der Waals surface area contributed by atoms with Crippen LogP contribution in [0.1, 0.15) is 20.3 Å². The summed E-state index contributed by atoms with van der Waals surface area (Å²) in [6, 6.07) is 0. The molecule has 15 heavy (non-hydrogen) atoms. The van der Waals surface area contributed by atoms with Gasteiger partial charge in [0, 0.05) is 6.54 Å². The molecule has 0 aromatic heterocycles. The highest BCUT2D eigenvalue weighted by atomic mass is 16.5. The van der Waals surface area contributed by atoms with Gasteiger partial charge in [0.15, 0.2) is 0 Å². The molecule has 0 saturated carbocycles. The average Bonchev–Trinajstić information content (AvgIpc) is 2.14. The largest absolute Gasteiger partial charge is 0.480 e. The Bertz CT molecular complexity index is 227. The molecular formula is C9H17NO5. The SMILES string of the molecule is CCC(C)(O)CNC(=O)COCC(=O)O. The lowest BCUT2D eigenvalue weighted by atomic mass is 10.0. The van der Waals surface area contributed by atoms with E-state index in [2.05, 4.69) is 10.1 Å². The molecule has 0 fully saturated rings. The van der Waals surface area contributed by atoms with Gasteiger partial charge in [0.1, 0.15) is 13.2 Å². The van der Waals surface area contributed by atoms with Gasteiger partial charge >= 0.3 is 5.97 Å². The Morgan fingerprint density at radius 1 is 1.40 bits per heavy atom. The standard InChI is InChI=1S/C9H17NO5/c1-3-9(2,14)6-10-7(11)4-15-5-8(12)13/h14H,3-6H2,1-2H3,(H,10,11)(H,12,13). The van der Waals surface area contributed by atoms with Gasteiger partial charge in [-0.25, -0.2) is 4.79 Å². The van der Waals surface area contributed by atoms with Gasteiger partial charge < -0.3 is 20.3 Å². The predicted molar refractivity (Wildman–Crippen MR) is 52.4 cm³/mol. The van der Waals surface area contributed by atoms with E-state index in [4.69, 9.17) is 5.11 Å². The first-order chi connectivity index (χ1) is 6.87. The summed E-state index contributed by atoms with van der Waals surface area (Å²) in [7, 11) is 0. The highest BCUT2D eigenvalue weighted by Gasteiger charge is 2.18. The zero-order valence-corrected chi connectivity index (χ0v) is 8.95. The summed E-state index contributed by atoms with van der Waals surface area (Å²) < 4.78 is 4.56. The zero-order chi connectivity index (χ0) is 11.9. The predicted octanol–water partition coefficient (Wildman–Crippen LogP) is -0.635. The smallest absolute Gasteiger partial charge is 0.329 e. The first-order valence-corrected chi connectivity index (χ1v) is 4.66. The number of aliphatic carboxylic acids is 1. The minimum atomic E-state index is -1.12. The number of carboxylic acids is 1. The fourth-order valence-electron chi connectivity index (χ4n) is 0.696. The van der Waals surface area contributed by atoms with Crippen LogP contribution in [0.4, 0.5) is 0 Å². The molecule has 0 radical (unpaired) electrons. The van der Waals surface area contributed by atoms with Crippen molar-refractivity contribution >= 4 is 11.9 Å². The van der Waals surface area contributed by atoms with Crippen LogP contribution in [0.25, 0.3) is 0 Å². The van der Waals surface area contributed by atoms with E-state index >= 15 is 0 Å². The van der Waals surface area contributed by atoms with Crippen molar-refractivity contribution < 1.29 is 24.5 Å². The molecule has 0 rings (SSSR count). The van der Waals surface area contributed by atoms with Gasteiger partial charge in [0.05, 0.1) is 5.60 Å². The Morgan fingerprint density at radius 3 is 2.47 bits per heavy atom. The van der Waals surface area contributed by atoms with Crippen molar-refractivity contribution in [1.82, 2.24) is 5.32 Å². The molecule has 0 aromatic carbocycles. The third kappa shape index (κ3) is 7.90. The molecule has 0 saturated heterocycles. The van der Waals surface area contributed by atoms with Gasteiger partial charge in [-0.05, 0) is 13.3 Å². The van der Waals surface area contributed by atoms with E-state index in [0.717, 1.165) is 0 Å². The topological polar surface area (TPSA) is 95.9 Å². The third-order valence-corrected chi connectivity index (χ3v) is 1.89. The molecule has 6 heteroatoms. The summed E-state index contributed by atoms with van der Waals surface area (Å²) in [5.41, 5.74) is -0.942. The number of carbonyl (C=O) groups excluding carboxylic acids is 1. The van der Waals surface area contributed by atoms with Crippen molar-refractivity contribution in [3.63, 3.8) is 0 Å². The number of amides is 1. The molecule has 0 heterocycles. The fraction of sp³-hybridized carbons (Fsp3) is 0.778. The molecule has 0 aliphatic rings. The van der Waals surface area contributed by atoms with E-state index in [0.29, 0.717) is 6.42 Å². The van der Waals surface area contributed by atoms with Crippen molar-refractivity contribution in [3.8, 4) is 0 Å². The quantitative estimate of drug-likeness (QED) is 0.529. The number of hydrogen-bond acceptors (Lipinski definition) is 4. The van der Waals surface area contributed by atoms with Gasteiger partial charge in [0.25, 0.3) is 0 Å². The van der Waals surface area contributed by atoms with Gasteiger partial charge in [-0.3, -0.25) is 4.79 Å². The lowest BCUT2D eigenvalue weighted by molar-refractivity contribution is -0.143. The molecule has 88 valence electrons. The second kappa shape index (κ2) is 6.36. The van der Waals surface area contributed by atoms with E-state index in [1.807, 2.05) is 0 Å². The van der Waals surface area contributed by atoms with Crippen LogP contribution < -0.4 is 5.32 Å². The van der Waals surface area contributed by atoms with E-state index in [9.17, 15) is 14.7 Å². The van der Waals surface area contributed by atoms with Gasteiger partial charge in [-0.15, -0.1) is 0 Å². The third-order valence-electron chi connectivity index (χ3n) is 1.89. The molecule has 0 aromatic rings. The summed E-state index contributed by atoms with van der Waals surface area (Å²) in [5.74, 6) is -1.56. The average molecular weight is 219 g/mol. The van der Waals surface area contributed by atoms with Gasteiger partial charge in [-0.1, -0.05) is 6.92 Å². The van der Waals surface area contributed by atoms with Crippen molar-refractivity contribution in [1.29, 1.82) is 0 Å². The van der Waals surface area contributed by atoms with Crippen LogP contribution in [0, 0.1) is 0 Å². The molecule has 1 unspecified atom stereocenters. The summed E-state index contributed by atoms with van der Waals surface area (Å²) in [5, 5.41) is 20.2. The molecule has 3 N–H and O–H groups in total. The van der Waals surface area contributed by atoms with Crippen LogP contribution in [0.2, 0.25) is 0 Å². The molecule has 0 aliphatic carbocycles. The van der Waals surface area contributed by atoms with Crippen LogP contribution in [0.15, 0.2) is 0 Å². The van der Waals surface area contributed by atoms with Gasteiger partial charge in [0.2, 0.25) is 5.91 Å². The van der Waals surface area contributed by atoms with Crippen molar-refractivity contribution in [2.45, 2.75) is 25.9 Å². The number of hydrogen-bond donors (Lipinski definition) is 3. The Kier molecular flexibility index (Phi) is 5.88. The Labute approximate surface area is 88.2 Å². The highest BCUT2D eigenvalue weighted by molar-refractivity contribution is 5.77. The Morgan fingerprint density at radius 2 is 2.00 bits per heavy atom. The maximum Gasteiger partial charge on any atom is 0.329 e. The summed E-state index contributed by atoms with van der Waals surface area (Å²) >= 11 is 0. The highest BCUT2D eigenvalue weighted by Crippen LogP contribution is 2.05. The lowest BCUT2D eigenvalue weighted by Gasteiger charge is -2.21. The maximum atomic E-state index is 11.0. The van der Waals surface area contributed by atoms with Crippen molar-refractivity contribution in [2.75, 3.05) is 19.8 Å². The Balaban J connectivity index is 3.62. The summed E-state index contributed by atoms with van der Waals surface area (Å²) in [6.45, 7) is 2.71. The number of aliphatic hydroxyl groups is 1. The normalized spacial score (nSPS) is 14.3. The van der Waals surface area contributed by atoms with Crippen molar-refractivity contribution in [2.24, 2.45) is 0 Å². The maximum absolute atomic E-state index is 11.0. The minimum absolute atomic E-state index is 0.124. The first kappa shape index (κ1) is 13.9.